The fourth-order valence-corrected chi connectivity index (χ4v) is 2.14. The summed E-state index contributed by atoms with van der Waals surface area (Å²) in [5.41, 5.74) is 7.63. The van der Waals surface area contributed by atoms with Crippen LogP contribution in [0.1, 0.15) is 32.3 Å². The summed E-state index contributed by atoms with van der Waals surface area (Å²) in [4.78, 5) is 13.8. The molecule has 0 spiro atoms. The second-order valence-electron chi connectivity index (χ2n) is 4.92. The molecule has 2 N–H and O–H groups in total. The van der Waals surface area contributed by atoms with Crippen LogP contribution in [0.3, 0.4) is 0 Å². The third-order valence-electron chi connectivity index (χ3n) is 3.21. The van der Waals surface area contributed by atoms with E-state index >= 15 is 0 Å². The smallest absolute Gasteiger partial charge is 0.267 e. The van der Waals surface area contributed by atoms with Crippen LogP contribution >= 0.6 is 0 Å². The lowest BCUT2D eigenvalue weighted by molar-refractivity contribution is -0.125. The Hall–Kier alpha value is -1.55. The van der Waals surface area contributed by atoms with Crippen LogP contribution in [0.4, 0.5) is 5.69 Å². The Labute approximate surface area is 108 Å². The molecule has 2 rings (SSSR count). The van der Waals surface area contributed by atoms with Crippen LogP contribution in [0.25, 0.3) is 0 Å². The molecule has 1 unspecified atom stereocenters. The normalized spacial score (nSPS) is 18.8. The molecule has 1 aromatic carbocycles. The van der Waals surface area contributed by atoms with Gasteiger partial charge in [-0.25, -0.2) is 0 Å². The number of carbonyl (C=O) groups is 1. The minimum Gasteiger partial charge on any atom is -0.479 e. The van der Waals surface area contributed by atoms with Crippen LogP contribution in [0.2, 0.25) is 0 Å². The van der Waals surface area contributed by atoms with Crippen LogP contribution in [0.15, 0.2) is 18.2 Å². The van der Waals surface area contributed by atoms with E-state index in [0.29, 0.717) is 19.0 Å². The van der Waals surface area contributed by atoms with Crippen molar-refractivity contribution in [2.75, 3.05) is 18.0 Å². The highest BCUT2D eigenvalue weighted by Gasteiger charge is 2.31. The Morgan fingerprint density at radius 1 is 1.44 bits per heavy atom. The van der Waals surface area contributed by atoms with Crippen LogP contribution in [0.5, 0.6) is 5.75 Å². The maximum atomic E-state index is 12.1. The highest BCUT2D eigenvalue weighted by molar-refractivity contribution is 5.99. The Morgan fingerprint density at radius 3 is 2.78 bits per heavy atom. The minimum absolute atomic E-state index is 0.0196. The van der Waals surface area contributed by atoms with Gasteiger partial charge in [0, 0.05) is 13.1 Å². The van der Waals surface area contributed by atoms with Crippen molar-refractivity contribution in [2.45, 2.75) is 32.8 Å². The van der Waals surface area contributed by atoms with Crippen LogP contribution in [0, 0.1) is 0 Å². The molecule has 98 valence electrons. The van der Waals surface area contributed by atoms with Gasteiger partial charge in [-0.2, -0.15) is 0 Å². The Kier molecular flexibility index (Phi) is 3.57. The van der Waals surface area contributed by atoms with E-state index in [0.717, 1.165) is 11.4 Å². The van der Waals surface area contributed by atoms with Crippen molar-refractivity contribution in [2.24, 2.45) is 5.73 Å². The summed E-state index contributed by atoms with van der Waals surface area (Å²) < 4.78 is 5.62. The lowest BCUT2D eigenvalue weighted by atomic mass is 10.0. The quantitative estimate of drug-likeness (QED) is 0.888. The summed E-state index contributed by atoms with van der Waals surface area (Å²) in [7, 11) is 0. The maximum absolute atomic E-state index is 12.1. The molecule has 0 aromatic heterocycles. The molecule has 1 amide bonds. The molecule has 1 atom stereocenters. The van der Waals surface area contributed by atoms with Gasteiger partial charge < -0.3 is 15.4 Å². The van der Waals surface area contributed by atoms with Gasteiger partial charge >= 0.3 is 0 Å². The zero-order valence-corrected chi connectivity index (χ0v) is 11.1. The van der Waals surface area contributed by atoms with E-state index in [1.165, 1.54) is 5.56 Å². The molecule has 1 aromatic rings. The van der Waals surface area contributed by atoms with Crippen molar-refractivity contribution < 1.29 is 9.53 Å². The van der Waals surface area contributed by atoms with Crippen molar-refractivity contribution in [3.8, 4) is 5.75 Å². The standard InChI is InChI=1S/C14H20N2O2/c1-9(2)11-4-5-13-12(8-11)16(7-6-15)14(17)10(3)18-13/h4-5,8-10H,6-7,15H2,1-3H3. The zero-order chi connectivity index (χ0) is 13.3. The van der Waals surface area contributed by atoms with E-state index in [4.69, 9.17) is 10.5 Å². The lowest BCUT2D eigenvalue weighted by Gasteiger charge is -2.33. The largest absolute Gasteiger partial charge is 0.479 e. The Morgan fingerprint density at radius 2 is 2.17 bits per heavy atom. The predicted octanol–water partition coefficient (Wildman–Crippen LogP) is 1.88. The molecule has 0 aliphatic carbocycles. The average Bonchev–Trinajstić information content (AvgIpc) is 2.34. The molecule has 4 nitrogen and oxygen atoms in total. The number of ether oxygens (including phenoxy) is 1. The summed E-state index contributed by atoms with van der Waals surface area (Å²) in [5, 5.41) is 0. The van der Waals surface area contributed by atoms with E-state index in [1.54, 1.807) is 11.8 Å². The number of hydrogen-bond acceptors (Lipinski definition) is 3. The SMILES string of the molecule is CC1Oc2ccc(C(C)C)cc2N(CCN)C1=O. The predicted molar refractivity (Wildman–Crippen MR) is 72.0 cm³/mol. The lowest BCUT2D eigenvalue weighted by Crippen LogP contribution is -2.46. The molecular formula is C14H20N2O2. The van der Waals surface area contributed by atoms with Crippen LogP contribution in [-0.4, -0.2) is 25.1 Å². The molecule has 18 heavy (non-hydrogen) atoms. The summed E-state index contributed by atoms with van der Waals surface area (Å²) in [6.45, 7) is 7.00. The van der Waals surface area contributed by atoms with E-state index in [-0.39, 0.29) is 5.91 Å². The van der Waals surface area contributed by atoms with Gasteiger partial charge in [-0.15, -0.1) is 0 Å². The van der Waals surface area contributed by atoms with Gasteiger partial charge in [0.2, 0.25) is 0 Å². The molecule has 0 radical (unpaired) electrons. The first-order valence-electron chi connectivity index (χ1n) is 6.36. The first-order chi connectivity index (χ1) is 8.54. The number of nitrogens with zero attached hydrogens (tertiary/aromatic N) is 1. The monoisotopic (exact) mass is 248 g/mol. The number of benzene rings is 1. The van der Waals surface area contributed by atoms with Gasteiger partial charge in [-0.3, -0.25) is 4.79 Å². The second kappa shape index (κ2) is 4.98. The van der Waals surface area contributed by atoms with Crippen LogP contribution < -0.4 is 15.4 Å². The fraction of sp³-hybridized carbons (Fsp3) is 0.500. The van der Waals surface area contributed by atoms with Gasteiger partial charge in [-0.05, 0) is 30.5 Å². The molecule has 0 fully saturated rings. The highest BCUT2D eigenvalue weighted by atomic mass is 16.5. The van der Waals surface area contributed by atoms with Crippen molar-refractivity contribution >= 4 is 11.6 Å². The average molecular weight is 248 g/mol. The first-order valence-corrected chi connectivity index (χ1v) is 6.36. The third-order valence-corrected chi connectivity index (χ3v) is 3.21. The van der Waals surface area contributed by atoms with Crippen molar-refractivity contribution in [1.29, 1.82) is 0 Å². The van der Waals surface area contributed by atoms with Gasteiger partial charge in [-0.1, -0.05) is 19.9 Å². The minimum atomic E-state index is -0.436. The Balaban J connectivity index is 2.45. The zero-order valence-electron chi connectivity index (χ0n) is 11.1. The Bertz CT molecular complexity index is 457. The molecule has 1 aliphatic rings. The number of nitrogens with two attached hydrogens (primary N) is 1. The summed E-state index contributed by atoms with van der Waals surface area (Å²) >= 11 is 0. The number of fused-ring (bicyclic) bond motifs is 1. The van der Waals surface area contributed by atoms with E-state index in [1.807, 2.05) is 18.2 Å². The molecule has 1 heterocycles. The summed E-state index contributed by atoms with van der Waals surface area (Å²) in [6.07, 6.45) is -0.436. The number of amides is 1. The number of carbonyl (C=O) groups excluding carboxylic acids is 1. The maximum Gasteiger partial charge on any atom is 0.267 e. The van der Waals surface area contributed by atoms with Crippen molar-refractivity contribution in [3.63, 3.8) is 0 Å². The van der Waals surface area contributed by atoms with Gasteiger partial charge in [0.1, 0.15) is 5.75 Å². The second-order valence-corrected chi connectivity index (χ2v) is 4.92. The van der Waals surface area contributed by atoms with Crippen LogP contribution in [-0.2, 0) is 4.79 Å². The number of anilines is 1. The highest BCUT2D eigenvalue weighted by Crippen LogP contribution is 2.36. The van der Waals surface area contributed by atoms with Crippen molar-refractivity contribution in [1.82, 2.24) is 0 Å². The van der Waals surface area contributed by atoms with E-state index in [9.17, 15) is 4.79 Å². The number of hydrogen-bond donors (Lipinski definition) is 1. The van der Waals surface area contributed by atoms with Crippen molar-refractivity contribution in [3.05, 3.63) is 23.8 Å². The molecule has 1 aliphatic heterocycles. The summed E-state index contributed by atoms with van der Waals surface area (Å²) in [6, 6.07) is 6.02. The van der Waals surface area contributed by atoms with Gasteiger partial charge in [0.15, 0.2) is 6.10 Å². The first kappa shape index (κ1) is 12.9. The molecule has 0 saturated heterocycles. The molecule has 4 heteroatoms. The van der Waals surface area contributed by atoms with Gasteiger partial charge in [0.25, 0.3) is 5.91 Å². The number of rotatable bonds is 3. The topological polar surface area (TPSA) is 55.6 Å². The summed E-state index contributed by atoms with van der Waals surface area (Å²) in [5.74, 6) is 1.17. The van der Waals surface area contributed by atoms with E-state index < -0.39 is 6.10 Å². The third kappa shape index (κ3) is 2.20. The fourth-order valence-electron chi connectivity index (χ4n) is 2.14. The van der Waals surface area contributed by atoms with E-state index in [2.05, 4.69) is 13.8 Å². The molecule has 0 bridgehead atoms. The molecular weight excluding hydrogens is 228 g/mol. The molecule has 0 saturated carbocycles. The van der Waals surface area contributed by atoms with Gasteiger partial charge in [0.05, 0.1) is 5.69 Å².